The quantitative estimate of drug-likeness (QED) is 0.870. The first-order valence-corrected chi connectivity index (χ1v) is 8.50. The molecule has 126 valence electrons. The van der Waals surface area contributed by atoms with Crippen LogP contribution in [-0.2, 0) is 18.9 Å². The summed E-state index contributed by atoms with van der Waals surface area (Å²) in [5.41, 5.74) is -0.00606. The van der Waals surface area contributed by atoms with Crippen LogP contribution in [0.3, 0.4) is 0 Å². The zero-order valence-electron chi connectivity index (χ0n) is 15.3. The first kappa shape index (κ1) is 16.1. The number of nitrogens with zero attached hydrogens (tertiary/aromatic N) is 6. The van der Waals surface area contributed by atoms with Gasteiger partial charge in [-0.1, -0.05) is 20.8 Å². The molecule has 0 aromatic carbocycles. The Morgan fingerprint density at radius 1 is 1.17 bits per heavy atom. The second-order valence-corrected chi connectivity index (χ2v) is 8.09. The molecule has 1 saturated carbocycles. The van der Waals surface area contributed by atoms with Crippen molar-refractivity contribution in [2.75, 3.05) is 0 Å². The number of rotatable bonds is 4. The van der Waals surface area contributed by atoms with E-state index in [9.17, 15) is 0 Å². The van der Waals surface area contributed by atoms with E-state index in [2.05, 4.69) is 54.5 Å². The summed E-state index contributed by atoms with van der Waals surface area (Å²) < 4.78 is 4.02. The van der Waals surface area contributed by atoms with E-state index in [1.54, 1.807) is 0 Å². The van der Waals surface area contributed by atoms with Gasteiger partial charge in [-0.3, -0.25) is 4.68 Å². The molecule has 2 atom stereocenters. The van der Waals surface area contributed by atoms with Gasteiger partial charge in [-0.25, -0.2) is 14.6 Å². The lowest BCUT2D eigenvalue weighted by molar-refractivity contribution is 0.498. The highest BCUT2D eigenvalue weighted by Gasteiger charge is 2.43. The van der Waals surface area contributed by atoms with Crippen LogP contribution < -0.4 is 0 Å². The Balaban J connectivity index is 1.74. The fourth-order valence-electron chi connectivity index (χ4n) is 3.02. The highest BCUT2D eigenvalue weighted by molar-refractivity contribution is 5.15. The largest absolute Gasteiger partial charge is 0.253 e. The van der Waals surface area contributed by atoms with Gasteiger partial charge in [-0.05, 0) is 33.1 Å². The lowest BCUT2D eigenvalue weighted by Gasteiger charge is -2.12. The molecule has 0 saturated heterocycles. The predicted molar refractivity (Wildman–Crippen MR) is 89.4 cm³/mol. The molecule has 0 N–H and O–H groups in total. The van der Waals surface area contributed by atoms with Crippen molar-refractivity contribution in [3.8, 4) is 0 Å². The maximum atomic E-state index is 4.76. The van der Waals surface area contributed by atoms with E-state index in [1.807, 2.05) is 18.7 Å². The molecule has 23 heavy (non-hydrogen) atoms. The van der Waals surface area contributed by atoms with Crippen molar-refractivity contribution in [2.45, 2.75) is 71.8 Å². The van der Waals surface area contributed by atoms with Crippen molar-refractivity contribution in [3.63, 3.8) is 0 Å². The van der Waals surface area contributed by atoms with E-state index in [-0.39, 0.29) is 5.41 Å². The lowest BCUT2D eigenvalue weighted by Crippen LogP contribution is -2.13. The molecule has 0 amide bonds. The fraction of sp³-hybridized carbons (Fsp3) is 0.765. The van der Waals surface area contributed by atoms with Crippen LogP contribution in [0, 0.1) is 12.8 Å². The maximum absolute atomic E-state index is 4.76. The van der Waals surface area contributed by atoms with Crippen molar-refractivity contribution >= 4 is 0 Å². The van der Waals surface area contributed by atoms with Gasteiger partial charge in [0.15, 0.2) is 5.82 Å². The van der Waals surface area contributed by atoms with Gasteiger partial charge < -0.3 is 0 Å². The normalized spacial score (nSPS) is 21.2. The smallest absolute Gasteiger partial charge is 0.156 e. The average Bonchev–Trinajstić information content (AvgIpc) is 2.90. The van der Waals surface area contributed by atoms with Gasteiger partial charge in [0, 0.05) is 30.8 Å². The molecule has 6 nitrogen and oxygen atoms in total. The highest BCUT2D eigenvalue weighted by Crippen LogP contribution is 2.48. The summed E-state index contributed by atoms with van der Waals surface area (Å²) in [6.45, 7) is 12.7. The van der Waals surface area contributed by atoms with E-state index in [0.29, 0.717) is 17.9 Å². The zero-order valence-corrected chi connectivity index (χ0v) is 15.3. The molecule has 1 aliphatic carbocycles. The molecule has 2 heterocycles. The van der Waals surface area contributed by atoms with Crippen molar-refractivity contribution in [3.05, 3.63) is 23.3 Å². The summed E-state index contributed by atoms with van der Waals surface area (Å²) in [6, 6.07) is 0.356. The molecule has 6 heteroatoms. The minimum absolute atomic E-state index is 0.00606. The molecule has 3 rings (SSSR count). The molecule has 2 aromatic rings. The topological polar surface area (TPSA) is 61.4 Å². The van der Waals surface area contributed by atoms with Gasteiger partial charge in [0.1, 0.15) is 17.5 Å². The standard InChI is InChI=1S/C17H28N6/c1-10(2)23-15(18-11(3)20-23)13-8-12(13)9-14-19-16(17(4,5)6)21-22(14)7/h10,12-13H,8-9H2,1-7H3. The predicted octanol–water partition coefficient (Wildman–Crippen LogP) is 2.94. The molecule has 0 aliphatic heterocycles. The van der Waals surface area contributed by atoms with Crippen LogP contribution in [0.4, 0.5) is 0 Å². The fourth-order valence-corrected chi connectivity index (χ4v) is 3.02. The van der Waals surface area contributed by atoms with Crippen molar-refractivity contribution in [1.29, 1.82) is 0 Å². The third kappa shape index (κ3) is 3.16. The van der Waals surface area contributed by atoms with Gasteiger partial charge in [-0.15, -0.1) is 0 Å². The Morgan fingerprint density at radius 3 is 2.43 bits per heavy atom. The van der Waals surface area contributed by atoms with Crippen LogP contribution in [-0.4, -0.2) is 29.5 Å². The Labute approximate surface area is 138 Å². The second-order valence-electron chi connectivity index (χ2n) is 8.09. The van der Waals surface area contributed by atoms with Gasteiger partial charge in [-0.2, -0.15) is 10.2 Å². The Kier molecular flexibility index (Phi) is 3.81. The van der Waals surface area contributed by atoms with Crippen LogP contribution in [0.1, 0.15) is 76.3 Å². The summed E-state index contributed by atoms with van der Waals surface area (Å²) in [7, 11) is 2.00. The number of aromatic nitrogens is 6. The summed E-state index contributed by atoms with van der Waals surface area (Å²) in [4.78, 5) is 9.42. The summed E-state index contributed by atoms with van der Waals surface area (Å²) >= 11 is 0. The first-order chi connectivity index (χ1) is 10.7. The first-order valence-electron chi connectivity index (χ1n) is 8.50. The number of aryl methyl sites for hydroxylation is 2. The molecule has 2 unspecified atom stereocenters. The van der Waals surface area contributed by atoms with E-state index in [1.165, 1.54) is 6.42 Å². The average molecular weight is 316 g/mol. The third-order valence-electron chi connectivity index (χ3n) is 4.48. The molecular weight excluding hydrogens is 288 g/mol. The second kappa shape index (κ2) is 5.42. The Bertz CT molecular complexity index is 703. The van der Waals surface area contributed by atoms with Crippen LogP contribution in [0.2, 0.25) is 0 Å². The van der Waals surface area contributed by atoms with Crippen LogP contribution in [0.25, 0.3) is 0 Å². The Hall–Kier alpha value is -1.72. The van der Waals surface area contributed by atoms with Crippen molar-refractivity contribution < 1.29 is 0 Å². The Morgan fingerprint density at radius 2 is 1.87 bits per heavy atom. The molecule has 1 fully saturated rings. The number of hydrogen-bond donors (Lipinski definition) is 0. The molecule has 1 aliphatic rings. The third-order valence-corrected chi connectivity index (χ3v) is 4.48. The van der Waals surface area contributed by atoms with E-state index in [0.717, 1.165) is 29.7 Å². The van der Waals surface area contributed by atoms with E-state index in [4.69, 9.17) is 4.98 Å². The molecule has 0 bridgehead atoms. The van der Waals surface area contributed by atoms with Crippen LogP contribution in [0.15, 0.2) is 0 Å². The van der Waals surface area contributed by atoms with Gasteiger partial charge >= 0.3 is 0 Å². The van der Waals surface area contributed by atoms with Crippen molar-refractivity contribution in [1.82, 2.24) is 29.5 Å². The highest BCUT2D eigenvalue weighted by atomic mass is 15.4. The molecular formula is C17H28N6. The summed E-state index contributed by atoms with van der Waals surface area (Å²) in [5, 5.41) is 9.12. The molecule has 0 radical (unpaired) electrons. The van der Waals surface area contributed by atoms with Crippen molar-refractivity contribution in [2.24, 2.45) is 13.0 Å². The van der Waals surface area contributed by atoms with E-state index < -0.39 is 0 Å². The monoisotopic (exact) mass is 316 g/mol. The number of hydrogen-bond acceptors (Lipinski definition) is 4. The maximum Gasteiger partial charge on any atom is 0.156 e. The van der Waals surface area contributed by atoms with Crippen LogP contribution >= 0.6 is 0 Å². The SMILES string of the molecule is Cc1nc(C2CC2Cc2nc(C(C)(C)C)nn2C)n(C(C)C)n1. The minimum Gasteiger partial charge on any atom is -0.253 e. The van der Waals surface area contributed by atoms with Gasteiger partial charge in [0.25, 0.3) is 0 Å². The minimum atomic E-state index is -0.00606. The lowest BCUT2D eigenvalue weighted by atomic mass is 9.96. The molecule has 0 spiro atoms. The van der Waals surface area contributed by atoms with Gasteiger partial charge in [0.2, 0.25) is 0 Å². The summed E-state index contributed by atoms with van der Waals surface area (Å²) in [6.07, 6.45) is 2.14. The summed E-state index contributed by atoms with van der Waals surface area (Å²) in [5.74, 6) is 5.12. The van der Waals surface area contributed by atoms with E-state index >= 15 is 0 Å². The molecule has 2 aromatic heterocycles. The van der Waals surface area contributed by atoms with Gasteiger partial charge in [0.05, 0.1) is 0 Å². The zero-order chi connectivity index (χ0) is 16.9. The van der Waals surface area contributed by atoms with Crippen LogP contribution in [0.5, 0.6) is 0 Å².